The van der Waals surface area contributed by atoms with Crippen LogP contribution in [0.3, 0.4) is 0 Å². The van der Waals surface area contributed by atoms with Gasteiger partial charge in [-0.2, -0.15) is 0 Å². The first-order chi connectivity index (χ1) is 18.5. The highest BCUT2D eigenvalue weighted by molar-refractivity contribution is 5.73. The summed E-state index contributed by atoms with van der Waals surface area (Å²) in [5.41, 5.74) is -2.12. The highest BCUT2D eigenvalue weighted by Gasteiger charge is 2.24. The molecule has 0 aromatic rings. The van der Waals surface area contributed by atoms with Gasteiger partial charge in [-0.15, -0.1) is 0 Å². The van der Waals surface area contributed by atoms with Gasteiger partial charge in [-0.1, -0.05) is 0 Å². The Kier molecular flexibility index (Phi) is 16.1. The third kappa shape index (κ3) is 23.6. The summed E-state index contributed by atoms with van der Waals surface area (Å²) in [5.74, 6) is -3.51. The van der Waals surface area contributed by atoms with Gasteiger partial charge in [-0.25, -0.2) is 0 Å². The van der Waals surface area contributed by atoms with E-state index in [0.717, 1.165) is 0 Å². The fourth-order valence-electron chi connectivity index (χ4n) is 3.55. The number of carboxylic acids is 2. The Morgan fingerprint density at radius 3 is 0.878 bits per heavy atom. The largest absolute Gasteiger partial charge is 0.481 e. The minimum Gasteiger partial charge on any atom is -0.481 e. The van der Waals surface area contributed by atoms with Crippen molar-refractivity contribution in [2.75, 3.05) is 58.9 Å². The number of aliphatic carboxylic acids is 2. The second-order valence-electron chi connectivity index (χ2n) is 12.9. The first kappa shape index (κ1) is 38.2. The van der Waals surface area contributed by atoms with Crippen molar-refractivity contribution in [2.24, 2.45) is 0 Å². The van der Waals surface area contributed by atoms with E-state index >= 15 is 0 Å². The van der Waals surface area contributed by atoms with Gasteiger partial charge < -0.3 is 24.4 Å². The van der Waals surface area contributed by atoms with Crippen LogP contribution < -0.4 is 0 Å². The predicted molar refractivity (Wildman–Crippen MR) is 151 cm³/mol. The molecule has 0 aromatic heterocycles. The molecule has 0 rings (SSSR count). The average molecular weight is 590 g/mol. The molecule has 0 saturated heterocycles. The smallest absolute Gasteiger partial charge is 0.320 e. The number of rotatable bonds is 18. The molecule has 41 heavy (non-hydrogen) atoms. The molecule has 0 aliphatic rings. The van der Waals surface area contributed by atoms with Crippen molar-refractivity contribution >= 4 is 29.8 Å². The van der Waals surface area contributed by atoms with E-state index in [0.29, 0.717) is 0 Å². The number of hydrogen-bond donors (Lipinski definition) is 2. The van der Waals surface area contributed by atoms with Crippen LogP contribution >= 0.6 is 0 Å². The van der Waals surface area contributed by atoms with Crippen LogP contribution in [0.15, 0.2) is 0 Å². The fraction of sp³-hybridized carbons (Fsp3) is 0.821. The third-order valence-electron chi connectivity index (χ3n) is 5.07. The van der Waals surface area contributed by atoms with Gasteiger partial charge in [-0.3, -0.25) is 38.7 Å². The van der Waals surface area contributed by atoms with Gasteiger partial charge in [-0.05, 0) is 62.3 Å². The van der Waals surface area contributed by atoms with Gasteiger partial charge >= 0.3 is 29.8 Å². The third-order valence-corrected chi connectivity index (χ3v) is 5.07. The molecule has 0 bridgehead atoms. The Bertz CT molecular complexity index is 816. The number of esters is 3. The van der Waals surface area contributed by atoms with Crippen LogP contribution in [0.1, 0.15) is 75.2 Å². The van der Waals surface area contributed by atoms with Crippen molar-refractivity contribution in [3.8, 4) is 0 Å². The molecule has 13 nitrogen and oxygen atoms in total. The van der Waals surface area contributed by atoms with Crippen molar-refractivity contribution in [1.29, 1.82) is 0 Å². The van der Waals surface area contributed by atoms with Crippen molar-refractivity contribution in [1.82, 2.24) is 14.7 Å². The monoisotopic (exact) mass is 589 g/mol. The van der Waals surface area contributed by atoms with E-state index in [1.165, 1.54) is 0 Å². The lowest BCUT2D eigenvalue weighted by atomic mass is 10.2. The standard InChI is InChI=1S/C28H51N3O10/c1-26(2,3)39-23(36)18-29(12-10-21(32)33)14-16-31(20-25(38)41-28(7,8)9)17-15-30(13-11-22(34)35)19-24(37)40-27(4,5)6/h10-20H2,1-9H3,(H,32,33)(H,34,35). The number of carbonyl (C=O) groups is 5. The molecule has 0 atom stereocenters. The van der Waals surface area contributed by atoms with Crippen LogP contribution in [0.2, 0.25) is 0 Å². The summed E-state index contributed by atoms with van der Waals surface area (Å²) in [5, 5.41) is 18.3. The Hall–Kier alpha value is -2.77. The molecule has 0 fully saturated rings. The molecule has 0 radical (unpaired) electrons. The van der Waals surface area contributed by atoms with Gasteiger partial charge in [0.2, 0.25) is 0 Å². The second-order valence-corrected chi connectivity index (χ2v) is 12.9. The van der Waals surface area contributed by atoms with Gasteiger partial charge in [0.25, 0.3) is 0 Å². The quantitative estimate of drug-likeness (QED) is 0.176. The molecular weight excluding hydrogens is 538 g/mol. The molecule has 0 spiro atoms. The van der Waals surface area contributed by atoms with E-state index < -0.39 is 46.6 Å². The van der Waals surface area contributed by atoms with E-state index in [2.05, 4.69) is 0 Å². The maximum atomic E-state index is 12.7. The molecule has 0 saturated carbocycles. The molecule has 2 N–H and O–H groups in total. The molecule has 0 unspecified atom stereocenters. The normalized spacial score (nSPS) is 12.5. The van der Waals surface area contributed by atoms with E-state index in [1.807, 2.05) is 0 Å². The highest BCUT2D eigenvalue weighted by atomic mass is 16.6. The lowest BCUT2D eigenvalue weighted by Gasteiger charge is -2.30. The van der Waals surface area contributed by atoms with Crippen LogP contribution in [0.4, 0.5) is 0 Å². The van der Waals surface area contributed by atoms with Crippen LogP contribution in [0, 0.1) is 0 Å². The van der Waals surface area contributed by atoms with Gasteiger partial charge in [0.1, 0.15) is 16.8 Å². The molecule has 0 aliphatic carbocycles. The average Bonchev–Trinajstić information content (AvgIpc) is 2.72. The highest BCUT2D eigenvalue weighted by Crippen LogP contribution is 2.11. The summed E-state index contributed by atoms with van der Waals surface area (Å²) in [7, 11) is 0. The Morgan fingerprint density at radius 2 is 0.683 bits per heavy atom. The topological polar surface area (TPSA) is 163 Å². The predicted octanol–water partition coefficient (Wildman–Crippen LogP) is 1.87. The molecule has 0 heterocycles. The molecule has 0 aromatic carbocycles. The van der Waals surface area contributed by atoms with Gasteiger partial charge in [0, 0.05) is 39.3 Å². The summed E-state index contributed by atoms with van der Waals surface area (Å²) >= 11 is 0. The van der Waals surface area contributed by atoms with Crippen LogP contribution in [-0.4, -0.2) is 130 Å². The molecule has 0 aliphatic heterocycles. The zero-order valence-corrected chi connectivity index (χ0v) is 26.3. The van der Waals surface area contributed by atoms with Crippen molar-refractivity contribution in [2.45, 2.75) is 92.0 Å². The maximum absolute atomic E-state index is 12.7. The minimum atomic E-state index is -1.01. The van der Waals surface area contributed by atoms with Crippen molar-refractivity contribution in [3.63, 3.8) is 0 Å². The number of hydrogen-bond acceptors (Lipinski definition) is 11. The zero-order valence-electron chi connectivity index (χ0n) is 26.3. The Balaban J connectivity index is 5.66. The molecular formula is C28H51N3O10. The molecule has 238 valence electrons. The Morgan fingerprint density at radius 1 is 0.463 bits per heavy atom. The zero-order chi connectivity index (χ0) is 32.0. The maximum Gasteiger partial charge on any atom is 0.320 e. The molecule has 0 amide bonds. The lowest BCUT2D eigenvalue weighted by Crippen LogP contribution is -2.46. The van der Waals surface area contributed by atoms with Gasteiger partial charge in [0.05, 0.1) is 32.5 Å². The minimum absolute atomic E-state index is 0.0955. The SMILES string of the molecule is CC(C)(C)OC(=O)CN(CCC(=O)O)CCN(CCN(CCC(=O)O)CC(=O)OC(C)(C)C)CC(=O)OC(C)(C)C. The van der Waals surface area contributed by atoms with Crippen LogP contribution in [0.25, 0.3) is 0 Å². The van der Waals surface area contributed by atoms with Crippen molar-refractivity contribution in [3.05, 3.63) is 0 Å². The van der Waals surface area contributed by atoms with Crippen LogP contribution in [-0.2, 0) is 38.2 Å². The summed E-state index contributed by atoms with van der Waals surface area (Å²) in [4.78, 5) is 65.0. The number of carboxylic acid groups (broad SMARTS) is 2. The van der Waals surface area contributed by atoms with E-state index in [-0.39, 0.29) is 71.7 Å². The summed E-state index contributed by atoms with van der Waals surface area (Å²) < 4.78 is 16.2. The first-order valence-electron chi connectivity index (χ1n) is 13.8. The van der Waals surface area contributed by atoms with E-state index in [1.54, 1.807) is 77.0 Å². The second kappa shape index (κ2) is 17.2. The van der Waals surface area contributed by atoms with Crippen molar-refractivity contribution < 1.29 is 48.4 Å². The fourth-order valence-corrected chi connectivity index (χ4v) is 3.55. The van der Waals surface area contributed by atoms with E-state index in [9.17, 15) is 24.0 Å². The lowest BCUT2D eigenvalue weighted by molar-refractivity contribution is -0.158. The molecule has 13 heteroatoms. The number of carbonyl (C=O) groups excluding carboxylic acids is 3. The summed E-state index contributed by atoms with van der Waals surface area (Å²) in [6.45, 7) is 16.5. The number of nitrogens with zero attached hydrogens (tertiary/aromatic N) is 3. The summed E-state index contributed by atoms with van der Waals surface area (Å²) in [6, 6.07) is 0. The van der Waals surface area contributed by atoms with E-state index in [4.69, 9.17) is 24.4 Å². The first-order valence-corrected chi connectivity index (χ1v) is 13.8. The number of ether oxygens (including phenoxy) is 3. The summed E-state index contributed by atoms with van der Waals surface area (Å²) in [6.07, 6.45) is -0.374. The Labute approximate surface area is 244 Å². The van der Waals surface area contributed by atoms with Gasteiger partial charge in [0.15, 0.2) is 0 Å². The van der Waals surface area contributed by atoms with Crippen LogP contribution in [0.5, 0.6) is 0 Å².